The molecule has 2 aromatic carbocycles. The topological polar surface area (TPSA) is 94.3 Å². The van der Waals surface area contributed by atoms with Crippen LogP contribution >= 0.6 is 0 Å². The summed E-state index contributed by atoms with van der Waals surface area (Å²) < 4.78 is 41.5. The SMILES string of the molecule is COc1cc2nccc(NCc3ccc(S(N)(=O)=O)cc3)c2cc1F. The molecule has 0 aliphatic carbocycles. The number of hydrogen-bond acceptors (Lipinski definition) is 5. The van der Waals surface area contributed by atoms with Crippen LogP contribution in [-0.2, 0) is 16.6 Å². The second kappa shape index (κ2) is 6.66. The zero-order chi connectivity index (χ0) is 18.0. The van der Waals surface area contributed by atoms with E-state index in [0.29, 0.717) is 23.1 Å². The van der Waals surface area contributed by atoms with Crippen LogP contribution in [0.15, 0.2) is 53.6 Å². The molecule has 0 atom stereocenters. The fourth-order valence-corrected chi connectivity index (χ4v) is 2.97. The summed E-state index contributed by atoms with van der Waals surface area (Å²) in [5.41, 5.74) is 2.17. The van der Waals surface area contributed by atoms with Gasteiger partial charge in [-0.05, 0) is 29.8 Å². The van der Waals surface area contributed by atoms with Crippen molar-refractivity contribution in [2.45, 2.75) is 11.4 Å². The minimum absolute atomic E-state index is 0.0553. The summed E-state index contributed by atoms with van der Waals surface area (Å²) in [5.74, 6) is -0.334. The molecular formula is C17H16FN3O3S. The highest BCUT2D eigenvalue weighted by molar-refractivity contribution is 7.89. The van der Waals surface area contributed by atoms with Crippen LogP contribution in [0.2, 0.25) is 0 Å². The van der Waals surface area contributed by atoms with Crippen molar-refractivity contribution < 1.29 is 17.5 Å². The fraction of sp³-hybridized carbons (Fsp3) is 0.118. The van der Waals surface area contributed by atoms with E-state index in [4.69, 9.17) is 9.88 Å². The molecule has 0 saturated heterocycles. The van der Waals surface area contributed by atoms with Gasteiger partial charge in [0, 0.05) is 29.9 Å². The molecule has 1 heterocycles. The number of nitrogens with one attached hydrogen (secondary N) is 1. The van der Waals surface area contributed by atoms with Gasteiger partial charge in [0.2, 0.25) is 10.0 Å². The number of aromatic nitrogens is 1. The monoisotopic (exact) mass is 361 g/mol. The highest BCUT2D eigenvalue weighted by atomic mass is 32.2. The Morgan fingerprint density at radius 2 is 1.92 bits per heavy atom. The number of nitrogens with zero attached hydrogens (tertiary/aromatic N) is 1. The summed E-state index contributed by atoms with van der Waals surface area (Å²) >= 11 is 0. The first-order chi connectivity index (χ1) is 11.9. The standard InChI is InChI=1S/C17H16FN3O3S/c1-24-17-9-16-13(8-14(17)18)15(6-7-20-16)21-10-11-2-4-12(5-3-11)25(19,22)23/h2-9H,10H2,1H3,(H,20,21)(H2,19,22,23). The minimum atomic E-state index is -3.71. The number of ether oxygens (including phenoxy) is 1. The predicted octanol–water partition coefficient (Wildman–Crippen LogP) is 2.64. The van der Waals surface area contributed by atoms with Crippen molar-refractivity contribution >= 4 is 26.6 Å². The lowest BCUT2D eigenvalue weighted by atomic mass is 10.1. The van der Waals surface area contributed by atoms with Gasteiger partial charge in [0.05, 0.1) is 17.5 Å². The van der Waals surface area contributed by atoms with E-state index < -0.39 is 15.8 Å². The average molecular weight is 361 g/mol. The van der Waals surface area contributed by atoms with Gasteiger partial charge in [-0.15, -0.1) is 0 Å². The molecule has 25 heavy (non-hydrogen) atoms. The van der Waals surface area contributed by atoms with Crippen molar-refractivity contribution in [3.63, 3.8) is 0 Å². The molecule has 0 aliphatic rings. The van der Waals surface area contributed by atoms with Crippen LogP contribution in [0.4, 0.5) is 10.1 Å². The van der Waals surface area contributed by atoms with E-state index in [9.17, 15) is 12.8 Å². The smallest absolute Gasteiger partial charge is 0.238 e. The van der Waals surface area contributed by atoms with E-state index in [2.05, 4.69) is 10.3 Å². The molecule has 0 amide bonds. The normalized spacial score (nSPS) is 11.5. The van der Waals surface area contributed by atoms with Gasteiger partial charge in [-0.3, -0.25) is 4.98 Å². The third-order valence-corrected chi connectivity index (χ3v) is 4.68. The highest BCUT2D eigenvalue weighted by Crippen LogP contribution is 2.28. The Morgan fingerprint density at radius 1 is 1.20 bits per heavy atom. The fourth-order valence-electron chi connectivity index (χ4n) is 2.45. The van der Waals surface area contributed by atoms with E-state index in [0.717, 1.165) is 5.56 Å². The molecule has 130 valence electrons. The van der Waals surface area contributed by atoms with Crippen molar-refractivity contribution in [1.29, 1.82) is 0 Å². The summed E-state index contributed by atoms with van der Waals surface area (Å²) in [6.07, 6.45) is 1.62. The van der Waals surface area contributed by atoms with Crippen LogP contribution in [0.3, 0.4) is 0 Å². The average Bonchev–Trinajstić information content (AvgIpc) is 2.59. The first-order valence-corrected chi connectivity index (χ1v) is 8.91. The van der Waals surface area contributed by atoms with Gasteiger partial charge < -0.3 is 10.1 Å². The molecule has 8 heteroatoms. The second-order valence-electron chi connectivity index (χ2n) is 5.40. The van der Waals surface area contributed by atoms with Crippen LogP contribution in [0.25, 0.3) is 10.9 Å². The van der Waals surface area contributed by atoms with Gasteiger partial charge in [0.1, 0.15) is 0 Å². The van der Waals surface area contributed by atoms with Crippen molar-refractivity contribution in [3.8, 4) is 5.75 Å². The molecule has 1 aromatic heterocycles. The zero-order valence-corrected chi connectivity index (χ0v) is 14.2. The van der Waals surface area contributed by atoms with E-state index in [1.165, 1.54) is 31.4 Å². The van der Waals surface area contributed by atoms with Crippen molar-refractivity contribution in [2.75, 3.05) is 12.4 Å². The van der Waals surface area contributed by atoms with Gasteiger partial charge >= 0.3 is 0 Å². The molecule has 0 radical (unpaired) electrons. The number of hydrogen-bond donors (Lipinski definition) is 2. The van der Waals surface area contributed by atoms with E-state index in [-0.39, 0.29) is 10.6 Å². The van der Waals surface area contributed by atoms with Crippen LogP contribution in [-0.4, -0.2) is 20.5 Å². The second-order valence-corrected chi connectivity index (χ2v) is 6.97. The van der Waals surface area contributed by atoms with Crippen LogP contribution < -0.4 is 15.2 Å². The molecule has 0 fully saturated rings. The maximum atomic E-state index is 14.0. The first-order valence-electron chi connectivity index (χ1n) is 7.36. The first kappa shape index (κ1) is 17.1. The highest BCUT2D eigenvalue weighted by Gasteiger charge is 2.10. The third kappa shape index (κ3) is 3.70. The molecular weight excluding hydrogens is 345 g/mol. The van der Waals surface area contributed by atoms with Gasteiger partial charge in [0.15, 0.2) is 11.6 Å². The van der Waals surface area contributed by atoms with Crippen LogP contribution in [0.5, 0.6) is 5.75 Å². The quantitative estimate of drug-likeness (QED) is 0.728. The lowest BCUT2D eigenvalue weighted by molar-refractivity contribution is 0.387. The summed E-state index contributed by atoms with van der Waals surface area (Å²) in [7, 11) is -2.31. The van der Waals surface area contributed by atoms with E-state index in [1.807, 2.05) is 0 Å². The largest absolute Gasteiger partial charge is 0.494 e. The molecule has 6 nitrogen and oxygen atoms in total. The number of primary sulfonamides is 1. The number of methoxy groups -OCH3 is 1. The van der Waals surface area contributed by atoms with E-state index >= 15 is 0 Å². The summed E-state index contributed by atoms with van der Waals surface area (Å²) in [6, 6.07) is 10.9. The predicted molar refractivity (Wildman–Crippen MR) is 93.4 cm³/mol. The molecule has 0 spiro atoms. The maximum Gasteiger partial charge on any atom is 0.238 e. The summed E-state index contributed by atoms with van der Waals surface area (Å²) in [5, 5.41) is 8.90. The Hall–Kier alpha value is -2.71. The Bertz CT molecular complexity index is 1020. The zero-order valence-electron chi connectivity index (χ0n) is 13.4. The molecule has 0 bridgehead atoms. The van der Waals surface area contributed by atoms with Gasteiger partial charge in [-0.25, -0.2) is 17.9 Å². The summed E-state index contributed by atoms with van der Waals surface area (Å²) in [4.78, 5) is 4.27. The van der Waals surface area contributed by atoms with Gasteiger partial charge in [-0.1, -0.05) is 12.1 Å². The molecule has 3 aromatic rings. The van der Waals surface area contributed by atoms with E-state index in [1.54, 1.807) is 24.4 Å². The Morgan fingerprint density at radius 3 is 2.56 bits per heavy atom. The number of nitrogens with two attached hydrogens (primary N) is 1. The maximum absolute atomic E-state index is 14.0. The van der Waals surface area contributed by atoms with Gasteiger partial charge in [-0.2, -0.15) is 0 Å². The Labute approximate surface area is 144 Å². The number of rotatable bonds is 5. The third-order valence-electron chi connectivity index (χ3n) is 3.75. The van der Waals surface area contributed by atoms with Gasteiger partial charge in [0.25, 0.3) is 0 Å². The molecule has 0 unspecified atom stereocenters. The minimum Gasteiger partial charge on any atom is -0.494 e. The lowest BCUT2D eigenvalue weighted by Gasteiger charge is -2.11. The molecule has 3 rings (SSSR count). The lowest BCUT2D eigenvalue weighted by Crippen LogP contribution is -2.12. The van der Waals surface area contributed by atoms with Crippen molar-refractivity contribution in [2.24, 2.45) is 5.14 Å². The Balaban J connectivity index is 1.85. The Kier molecular flexibility index (Phi) is 4.56. The number of benzene rings is 2. The number of sulfonamides is 1. The number of halogens is 1. The van der Waals surface area contributed by atoms with Crippen molar-refractivity contribution in [3.05, 3.63) is 60.0 Å². The van der Waals surface area contributed by atoms with Crippen LogP contribution in [0.1, 0.15) is 5.56 Å². The van der Waals surface area contributed by atoms with Crippen molar-refractivity contribution in [1.82, 2.24) is 4.98 Å². The molecule has 3 N–H and O–H groups in total. The van der Waals surface area contributed by atoms with Crippen LogP contribution in [0, 0.1) is 5.82 Å². The summed E-state index contributed by atoms with van der Waals surface area (Å²) in [6.45, 7) is 0.428. The number of pyridine rings is 1. The molecule has 0 aliphatic heterocycles. The number of fused-ring (bicyclic) bond motifs is 1. The number of anilines is 1. The molecule has 0 saturated carbocycles.